The Morgan fingerprint density at radius 1 is 1.27 bits per heavy atom. The van der Waals surface area contributed by atoms with Crippen LogP contribution >= 0.6 is 0 Å². The third-order valence-corrected chi connectivity index (χ3v) is 2.66. The Balaban J connectivity index is 0.000000281. The van der Waals surface area contributed by atoms with Crippen LogP contribution in [-0.2, 0) is 4.74 Å². The molecule has 1 spiro atoms. The third kappa shape index (κ3) is 1.76. The van der Waals surface area contributed by atoms with Crippen LogP contribution in [0.15, 0.2) is 0 Å². The summed E-state index contributed by atoms with van der Waals surface area (Å²) >= 11 is 0. The summed E-state index contributed by atoms with van der Waals surface area (Å²) in [6, 6.07) is 0. The second-order valence-electron chi connectivity index (χ2n) is 3.66. The largest absolute Gasteiger partial charge is 0.375 e. The van der Waals surface area contributed by atoms with Crippen LogP contribution in [0.4, 0.5) is 0 Å². The molecule has 1 heteroatoms. The topological polar surface area (TPSA) is 9.23 Å². The molecule has 66 valence electrons. The van der Waals surface area contributed by atoms with Gasteiger partial charge in [0.15, 0.2) is 0 Å². The summed E-state index contributed by atoms with van der Waals surface area (Å²) in [6.07, 6.45) is 5.38. The molecule has 0 aromatic carbocycles. The van der Waals surface area contributed by atoms with Crippen molar-refractivity contribution in [3.63, 3.8) is 0 Å². The first kappa shape index (κ1) is 9.05. The molecule has 11 heavy (non-hydrogen) atoms. The Labute approximate surface area is 70.1 Å². The number of rotatable bonds is 0. The van der Waals surface area contributed by atoms with E-state index in [0.29, 0.717) is 5.60 Å². The van der Waals surface area contributed by atoms with Crippen LogP contribution in [0.2, 0.25) is 0 Å². The lowest BCUT2D eigenvalue weighted by molar-refractivity contribution is -0.0564. The van der Waals surface area contributed by atoms with Gasteiger partial charge in [-0.3, -0.25) is 0 Å². The molecule has 2 rings (SSSR count). The van der Waals surface area contributed by atoms with Crippen LogP contribution in [0, 0.1) is 5.92 Å². The van der Waals surface area contributed by atoms with E-state index >= 15 is 0 Å². The maximum atomic E-state index is 5.69. The predicted molar refractivity (Wildman–Crippen MR) is 47.7 cm³/mol. The van der Waals surface area contributed by atoms with Crippen molar-refractivity contribution in [2.24, 2.45) is 5.92 Å². The molecule has 0 amide bonds. The van der Waals surface area contributed by atoms with Gasteiger partial charge in [-0.2, -0.15) is 0 Å². The van der Waals surface area contributed by atoms with Crippen molar-refractivity contribution in [3.8, 4) is 0 Å². The van der Waals surface area contributed by atoms with Gasteiger partial charge in [0.2, 0.25) is 0 Å². The summed E-state index contributed by atoms with van der Waals surface area (Å²) in [6.45, 7) is 7.30. The quantitative estimate of drug-likeness (QED) is 0.524. The molecule has 1 heterocycles. The number of hydrogen-bond donors (Lipinski definition) is 0. The number of ether oxygens (including phenoxy) is 1. The molecule has 2 fully saturated rings. The standard InChI is InChI=1S/C8H14O.C2H6/c1-7-5-8(9-6-7)3-2-4-8;1-2/h7H,2-6H2,1H3;1-2H3. The highest BCUT2D eigenvalue weighted by atomic mass is 16.5. The molecular weight excluding hydrogens is 136 g/mol. The van der Waals surface area contributed by atoms with Gasteiger partial charge in [0.1, 0.15) is 0 Å². The van der Waals surface area contributed by atoms with Gasteiger partial charge in [-0.05, 0) is 31.6 Å². The minimum atomic E-state index is 0.388. The van der Waals surface area contributed by atoms with Crippen LogP contribution in [0.5, 0.6) is 0 Å². The Morgan fingerprint density at radius 2 is 1.91 bits per heavy atom. The van der Waals surface area contributed by atoms with E-state index in [1.807, 2.05) is 13.8 Å². The minimum absolute atomic E-state index is 0.388. The van der Waals surface area contributed by atoms with Gasteiger partial charge in [0.05, 0.1) is 5.60 Å². The van der Waals surface area contributed by atoms with Crippen LogP contribution in [0.1, 0.15) is 46.5 Å². The zero-order valence-corrected chi connectivity index (χ0v) is 8.02. The Kier molecular flexibility index (Phi) is 2.94. The van der Waals surface area contributed by atoms with Crippen LogP contribution in [0.3, 0.4) is 0 Å². The predicted octanol–water partition coefficient (Wildman–Crippen LogP) is 2.99. The molecule has 1 atom stereocenters. The summed E-state index contributed by atoms with van der Waals surface area (Å²) in [4.78, 5) is 0. The van der Waals surface area contributed by atoms with E-state index in [9.17, 15) is 0 Å². The molecular formula is C10H20O. The highest BCUT2D eigenvalue weighted by Gasteiger charge is 2.43. The van der Waals surface area contributed by atoms with E-state index in [1.54, 1.807) is 0 Å². The van der Waals surface area contributed by atoms with Gasteiger partial charge in [0.25, 0.3) is 0 Å². The molecule has 0 aromatic heterocycles. The van der Waals surface area contributed by atoms with Crippen LogP contribution in [0.25, 0.3) is 0 Å². The first-order valence-electron chi connectivity index (χ1n) is 4.95. The second kappa shape index (κ2) is 3.57. The molecule has 1 saturated heterocycles. The van der Waals surface area contributed by atoms with E-state index in [1.165, 1.54) is 25.7 Å². The molecule has 1 saturated carbocycles. The summed E-state index contributed by atoms with van der Waals surface area (Å²) in [7, 11) is 0. The molecule has 0 aromatic rings. The average Bonchev–Trinajstić information content (AvgIpc) is 2.35. The molecule has 1 aliphatic heterocycles. The van der Waals surface area contributed by atoms with Crippen molar-refractivity contribution in [1.82, 2.24) is 0 Å². The van der Waals surface area contributed by atoms with Gasteiger partial charge in [-0.1, -0.05) is 20.8 Å². The fourth-order valence-corrected chi connectivity index (χ4v) is 1.99. The molecule has 2 aliphatic rings. The van der Waals surface area contributed by atoms with Crippen molar-refractivity contribution < 1.29 is 4.74 Å². The second-order valence-corrected chi connectivity index (χ2v) is 3.66. The van der Waals surface area contributed by atoms with E-state index in [0.717, 1.165) is 12.5 Å². The van der Waals surface area contributed by atoms with Gasteiger partial charge in [0, 0.05) is 6.61 Å². The van der Waals surface area contributed by atoms with Crippen LogP contribution in [-0.4, -0.2) is 12.2 Å². The molecule has 0 N–H and O–H groups in total. The summed E-state index contributed by atoms with van der Waals surface area (Å²) in [5.74, 6) is 0.824. The van der Waals surface area contributed by atoms with E-state index in [-0.39, 0.29) is 0 Å². The molecule has 0 radical (unpaired) electrons. The monoisotopic (exact) mass is 156 g/mol. The lowest BCUT2D eigenvalue weighted by atomic mass is 9.77. The van der Waals surface area contributed by atoms with Crippen molar-refractivity contribution in [1.29, 1.82) is 0 Å². The maximum Gasteiger partial charge on any atom is 0.0686 e. The lowest BCUT2D eigenvalue weighted by Crippen LogP contribution is -2.35. The van der Waals surface area contributed by atoms with E-state index in [2.05, 4.69) is 6.92 Å². The number of hydrogen-bond acceptors (Lipinski definition) is 1. The zero-order chi connectivity index (χ0) is 8.32. The summed E-state index contributed by atoms with van der Waals surface area (Å²) in [5, 5.41) is 0. The van der Waals surface area contributed by atoms with Gasteiger partial charge < -0.3 is 4.74 Å². The fraction of sp³-hybridized carbons (Fsp3) is 1.00. The zero-order valence-electron chi connectivity index (χ0n) is 8.02. The highest BCUT2D eigenvalue weighted by Crippen LogP contribution is 2.44. The normalized spacial score (nSPS) is 32.5. The Morgan fingerprint density at radius 3 is 2.09 bits per heavy atom. The van der Waals surface area contributed by atoms with Crippen molar-refractivity contribution in [2.75, 3.05) is 6.61 Å². The van der Waals surface area contributed by atoms with Crippen molar-refractivity contribution >= 4 is 0 Å². The lowest BCUT2D eigenvalue weighted by Gasteiger charge is -2.37. The van der Waals surface area contributed by atoms with Gasteiger partial charge >= 0.3 is 0 Å². The summed E-state index contributed by atoms with van der Waals surface area (Å²) in [5.41, 5.74) is 0.388. The SMILES string of the molecule is CC.CC1COC2(CCC2)C1. The van der Waals surface area contributed by atoms with Gasteiger partial charge in [-0.25, -0.2) is 0 Å². The fourth-order valence-electron chi connectivity index (χ4n) is 1.99. The summed E-state index contributed by atoms with van der Waals surface area (Å²) < 4.78 is 5.69. The molecule has 0 bridgehead atoms. The maximum absolute atomic E-state index is 5.69. The first-order valence-corrected chi connectivity index (χ1v) is 4.95. The Bertz CT molecular complexity index is 116. The molecule has 1 unspecified atom stereocenters. The van der Waals surface area contributed by atoms with Crippen molar-refractivity contribution in [2.45, 2.75) is 52.1 Å². The van der Waals surface area contributed by atoms with Crippen molar-refractivity contribution in [3.05, 3.63) is 0 Å². The molecule has 1 nitrogen and oxygen atoms in total. The Hall–Kier alpha value is -0.0400. The average molecular weight is 156 g/mol. The van der Waals surface area contributed by atoms with E-state index < -0.39 is 0 Å². The molecule has 1 aliphatic carbocycles. The third-order valence-electron chi connectivity index (χ3n) is 2.66. The van der Waals surface area contributed by atoms with Gasteiger partial charge in [-0.15, -0.1) is 0 Å². The smallest absolute Gasteiger partial charge is 0.0686 e. The van der Waals surface area contributed by atoms with Crippen LogP contribution < -0.4 is 0 Å². The first-order chi connectivity index (χ1) is 5.31. The van der Waals surface area contributed by atoms with E-state index in [4.69, 9.17) is 4.74 Å². The minimum Gasteiger partial charge on any atom is -0.375 e. The highest BCUT2D eigenvalue weighted by molar-refractivity contribution is 4.94.